The van der Waals surface area contributed by atoms with E-state index in [-0.39, 0.29) is 5.78 Å². The third kappa shape index (κ3) is 2.79. The minimum atomic E-state index is 0.131. The largest absolute Gasteiger partial charge is 0.382 e. The van der Waals surface area contributed by atoms with Crippen LogP contribution in [-0.2, 0) is 6.42 Å². The first-order chi connectivity index (χ1) is 10.1. The van der Waals surface area contributed by atoms with Crippen molar-refractivity contribution in [1.82, 2.24) is 10.2 Å². The van der Waals surface area contributed by atoms with Gasteiger partial charge in [-0.1, -0.05) is 35.9 Å². The summed E-state index contributed by atoms with van der Waals surface area (Å²) in [6, 6.07) is 13.7. The van der Waals surface area contributed by atoms with Gasteiger partial charge in [0.2, 0.25) is 0 Å². The highest BCUT2D eigenvalue weighted by Gasteiger charge is 2.09. The number of hydrogen-bond acceptors (Lipinski definition) is 3. The standard InChI is InChI=1S/C17H17N3O/c1-11-3-2-4-12(9-11)5-8-16(21)13-6-7-14-15(10-13)19-20-17(14)18/h2-4,6-7,9-10H,5,8H2,1H3,(H3,18,19,20). The maximum atomic E-state index is 12.3. The van der Waals surface area contributed by atoms with Gasteiger partial charge in [-0.15, -0.1) is 0 Å². The number of aromatic nitrogens is 2. The molecule has 21 heavy (non-hydrogen) atoms. The van der Waals surface area contributed by atoms with Gasteiger partial charge in [-0.05, 0) is 31.0 Å². The zero-order valence-electron chi connectivity index (χ0n) is 11.9. The van der Waals surface area contributed by atoms with Crippen LogP contribution in [0.1, 0.15) is 27.9 Å². The number of ketones is 1. The van der Waals surface area contributed by atoms with Crippen molar-refractivity contribution in [2.24, 2.45) is 0 Å². The molecule has 3 rings (SSSR count). The van der Waals surface area contributed by atoms with Crippen LogP contribution >= 0.6 is 0 Å². The Labute approximate surface area is 123 Å². The van der Waals surface area contributed by atoms with Crippen molar-refractivity contribution >= 4 is 22.5 Å². The molecule has 0 saturated carbocycles. The second-order valence-corrected chi connectivity index (χ2v) is 5.28. The van der Waals surface area contributed by atoms with E-state index in [0.717, 1.165) is 17.3 Å². The molecule has 0 atom stereocenters. The minimum absolute atomic E-state index is 0.131. The van der Waals surface area contributed by atoms with E-state index in [9.17, 15) is 4.79 Å². The van der Waals surface area contributed by atoms with Gasteiger partial charge >= 0.3 is 0 Å². The summed E-state index contributed by atoms with van der Waals surface area (Å²) in [6.45, 7) is 2.06. The van der Waals surface area contributed by atoms with Gasteiger partial charge in [0.25, 0.3) is 0 Å². The summed E-state index contributed by atoms with van der Waals surface area (Å²) < 4.78 is 0. The lowest BCUT2D eigenvalue weighted by Gasteiger charge is -2.03. The summed E-state index contributed by atoms with van der Waals surface area (Å²) >= 11 is 0. The monoisotopic (exact) mass is 279 g/mol. The van der Waals surface area contributed by atoms with Crippen LogP contribution in [0.25, 0.3) is 10.9 Å². The van der Waals surface area contributed by atoms with Gasteiger partial charge in [0.1, 0.15) is 0 Å². The number of nitrogens with two attached hydrogens (primary N) is 1. The molecular formula is C17H17N3O. The molecule has 4 nitrogen and oxygen atoms in total. The lowest BCUT2D eigenvalue weighted by Crippen LogP contribution is -2.01. The lowest BCUT2D eigenvalue weighted by molar-refractivity contribution is 0.0983. The van der Waals surface area contributed by atoms with Gasteiger partial charge in [0.15, 0.2) is 11.6 Å². The predicted octanol–water partition coefficient (Wildman–Crippen LogP) is 3.27. The Morgan fingerprint density at radius 1 is 1.24 bits per heavy atom. The number of rotatable bonds is 4. The van der Waals surface area contributed by atoms with E-state index in [1.807, 2.05) is 24.3 Å². The molecule has 0 aliphatic heterocycles. The van der Waals surface area contributed by atoms with Crippen molar-refractivity contribution in [2.75, 3.05) is 5.73 Å². The summed E-state index contributed by atoms with van der Waals surface area (Å²) in [5, 5.41) is 7.63. The van der Waals surface area contributed by atoms with Crippen LogP contribution in [-0.4, -0.2) is 16.0 Å². The molecule has 106 valence electrons. The van der Waals surface area contributed by atoms with Crippen molar-refractivity contribution in [3.8, 4) is 0 Å². The number of carbonyl (C=O) groups is 1. The Hall–Kier alpha value is -2.62. The molecule has 0 amide bonds. The van der Waals surface area contributed by atoms with Crippen molar-refractivity contribution in [2.45, 2.75) is 19.8 Å². The van der Waals surface area contributed by atoms with Crippen LogP contribution in [0.3, 0.4) is 0 Å². The van der Waals surface area contributed by atoms with Crippen molar-refractivity contribution in [3.63, 3.8) is 0 Å². The van der Waals surface area contributed by atoms with E-state index in [1.165, 1.54) is 11.1 Å². The molecule has 0 fully saturated rings. The summed E-state index contributed by atoms with van der Waals surface area (Å²) in [6.07, 6.45) is 1.25. The van der Waals surface area contributed by atoms with E-state index >= 15 is 0 Å². The molecule has 3 N–H and O–H groups in total. The third-order valence-corrected chi connectivity index (χ3v) is 3.64. The molecule has 2 aromatic carbocycles. The molecule has 0 aliphatic carbocycles. The quantitative estimate of drug-likeness (QED) is 0.720. The van der Waals surface area contributed by atoms with Gasteiger partial charge in [0, 0.05) is 17.4 Å². The van der Waals surface area contributed by atoms with Crippen LogP contribution in [0.4, 0.5) is 5.82 Å². The number of anilines is 1. The normalized spacial score (nSPS) is 10.9. The molecule has 0 radical (unpaired) electrons. The van der Waals surface area contributed by atoms with Crippen LogP contribution in [0.2, 0.25) is 0 Å². The summed E-state index contributed by atoms with van der Waals surface area (Å²) in [5.41, 5.74) is 9.62. The molecular weight excluding hydrogens is 262 g/mol. The fourth-order valence-corrected chi connectivity index (χ4v) is 2.48. The zero-order valence-corrected chi connectivity index (χ0v) is 11.9. The van der Waals surface area contributed by atoms with E-state index in [4.69, 9.17) is 5.73 Å². The number of hydrogen-bond donors (Lipinski definition) is 2. The SMILES string of the molecule is Cc1cccc(CCC(=O)c2ccc3c(N)n[nH]c3c2)c1. The number of Topliss-reactive ketones (excluding diaryl/α,β-unsaturated/α-hetero) is 1. The molecule has 0 aliphatic rings. The first kappa shape index (κ1) is 13.4. The topological polar surface area (TPSA) is 71.8 Å². The maximum absolute atomic E-state index is 12.3. The maximum Gasteiger partial charge on any atom is 0.163 e. The van der Waals surface area contributed by atoms with Gasteiger partial charge in [-0.25, -0.2) is 0 Å². The molecule has 0 saturated heterocycles. The number of carbonyl (C=O) groups excluding carboxylic acids is 1. The number of H-pyrrole nitrogens is 1. The van der Waals surface area contributed by atoms with E-state index in [2.05, 4.69) is 35.3 Å². The van der Waals surface area contributed by atoms with E-state index in [1.54, 1.807) is 0 Å². The Balaban J connectivity index is 1.74. The molecule has 0 spiro atoms. The summed E-state index contributed by atoms with van der Waals surface area (Å²) in [4.78, 5) is 12.3. The third-order valence-electron chi connectivity index (χ3n) is 3.64. The van der Waals surface area contributed by atoms with Gasteiger partial charge < -0.3 is 5.73 Å². The molecule has 4 heteroatoms. The smallest absolute Gasteiger partial charge is 0.163 e. The van der Waals surface area contributed by atoms with Crippen molar-refractivity contribution in [1.29, 1.82) is 0 Å². The Morgan fingerprint density at radius 2 is 2.10 bits per heavy atom. The first-order valence-corrected chi connectivity index (χ1v) is 6.96. The summed E-state index contributed by atoms with van der Waals surface area (Å²) in [7, 11) is 0. The number of fused-ring (bicyclic) bond motifs is 1. The number of nitrogens with zero attached hydrogens (tertiary/aromatic N) is 1. The number of aryl methyl sites for hydroxylation is 2. The zero-order chi connectivity index (χ0) is 14.8. The van der Waals surface area contributed by atoms with Crippen LogP contribution in [0, 0.1) is 6.92 Å². The second kappa shape index (κ2) is 5.40. The van der Waals surface area contributed by atoms with Gasteiger partial charge in [0.05, 0.1) is 5.52 Å². The number of benzene rings is 2. The number of nitrogen functional groups attached to an aromatic ring is 1. The molecule has 3 aromatic rings. The average molecular weight is 279 g/mol. The van der Waals surface area contributed by atoms with Crippen LogP contribution < -0.4 is 5.73 Å². The highest BCUT2D eigenvalue weighted by molar-refractivity contribution is 6.00. The highest BCUT2D eigenvalue weighted by atomic mass is 16.1. The Bertz CT molecular complexity index is 805. The predicted molar refractivity (Wildman–Crippen MR) is 84.3 cm³/mol. The molecule has 0 unspecified atom stereocenters. The molecule has 1 aromatic heterocycles. The van der Waals surface area contributed by atoms with Gasteiger partial charge in [-0.3, -0.25) is 9.89 Å². The summed E-state index contributed by atoms with van der Waals surface area (Å²) in [5.74, 6) is 0.593. The second-order valence-electron chi connectivity index (χ2n) is 5.28. The molecule has 0 bridgehead atoms. The molecule has 1 heterocycles. The lowest BCUT2D eigenvalue weighted by atomic mass is 10.0. The number of nitrogens with one attached hydrogen (secondary N) is 1. The fourth-order valence-electron chi connectivity index (χ4n) is 2.48. The highest BCUT2D eigenvalue weighted by Crippen LogP contribution is 2.20. The minimum Gasteiger partial charge on any atom is -0.382 e. The van der Waals surface area contributed by atoms with Crippen LogP contribution in [0.5, 0.6) is 0 Å². The number of aromatic amines is 1. The fraction of sp³-hybridized carbons (Fsp3) is 0.176. The van der Waals surface area contributed by atoms with Gasteiger partial charge in [-0.2, -0.15) is 5.10 Å². The first-order valence-electron chi connectivity index (χ1n) is 6.96. The average Bonchev–Trinajstić information content (AvgIpc) is 2.86. The van der Waals surface area contributed by atoms with Crippen LogP contribution in [0.15, 0.2) is 42.5 Å². The van der Waals surface area contributed by atoms with E-state index < -0.39 is 0 Å². The van der Waals surface area contributed by atoms with Crippen molar-refractivity contribution < 1.29 is 4.79 Å². The Morgan fingerprint density at radius 3 is 2.90 bits per heavy atom. The van der Waals surface area contributed by atoms with E-state index in [0.29, 0.717) is 17.8 Å². The van der Waals surface area contributed by atoms with Crippen molar-refractivity contribution in [3.05, 3.63) is 59.2 Å². The Kier molecular flexibility index (Phi) is 3.44.